The summed E-state index contributed by atoms with van der Waals surface area (Å²) in [5, 5.41) is 0. The number of benzene rings is 2. The molecule has 2 aromatic rings. The molecule has 0 saturated carbocycles. The van der Waals surface area contributed by atoms with E-state index in [1.165, 1.54) is 5.56 Å². The normalized spacial score (nSPS) is 10.8. The topological polar surface area (TPSA) is 60.4 Å². The lowest BCUT2D eigenvalue weighted by molar-refractivity contribution is -0.132. The van der Waals surface area contributed by atoms with Crippen LogP contribution in [0, 0.1) is 12.8 Å². The Bertz CT molecular complexity index is 834. The molecule has 4 heteroatoms. The second kappa shape index (κ2) is 12.8. The molecule has 0 aliphatic heterocycles. The molecule has 0 aliphatic carbocycles. The van der Waals surface area contributed by atoms with Crippen molar-refractivity contribution in [1.82, 2.24) is 0 Å². The van der Waals surface area contributed by atoms with Gasteiger partial charge in [0.25, 0.3) is 0 Å². The van der Waals surface area contributed by atoms with Crippen LogP contribution in [0.3, 0.4) is 0 Å². The Hall–Kier alpha value is -2.75. The number of hydrogen-bond donors (Lipinski definition) is 0. The molecule has 166 valence electrons. The van der Waals surface area contributed by atoms with Crippen molar-refractivity contribution in [1.29, 1.82) is 0 Å². The van der Waals surface area contributed by atoms with Gasteiger partial charge >= 0.3 is 5.97 Å². The number of carbonyl (C=O) groups excluding carboxylic acids is 3. The summed E-state index contributed by atoms with van der Waals surface area (Å²) in [4.78, 5) is 36.1. The SMILES string of the molecule is CCC(=O)C(CCCCCCc1ccc(OC(=O)c2ccc(C)cc2)cc1)C(=O)CC. The lowest BCUT2D eigenvalue weighted by Gasteiger charge is -2.12. The van der Waals surface area contributed by atoms with Crippen LogP contribution in [-0.4, -0.2) is 17.5 Å². The molecule has 0 bridgehead atoms. The van der Waals surface area contributed by atoms with Crippen LogP contribution in [0.1, 0.15) is 80.3 Å². The van der Waals surface area contributed by atoms with E-state index in [1.54, 1.807) is 12.1 Å². The van der Waals surface area contributed by atoms with Gasteiger partial charge in [-0.2, -0.15) is 0 Å². The van der Waals surface area contributed by atoms with E-state index in [2.05, 4.69) is 0 Å². The molecule has 0 amide bonds. The summed E-state index contributed by atoms with van der Waals surface area (Å²) in [6.07, 6.45) is 6.57. The zero-order valence-electron chi connectivity index (χ0n) is 19.0. The van der Waals surface area contributed by atoms with E-state index >= 15 is 0 Å². The molecule has 0 spiro atoms. The number of esters is 1. The first-order valence-electron chi connectivity index (χ1n) is 11.4. The number of unbranched alkanes of at least 4 members (excludes halogenated alkanes) is 3. The maximum absolute atomic E-state index is 12.2. The van der Waals surface area contributed by atoms with Gasteiger partial charge in [-0.25, -0.2) is 4.79 Å². The third kappa shape index (κ3) is 8.12. The van der Waals surface area contributed by atoms with E-state index in [1.807, 2.05) is 57.2 Å². The van der Waals surface area contributed by atoms with Gasteiger partial charge in [-0.1, -0.05) is 62.9 Å². The van der Waals surface area contributed by atoms with E-state index in [0.29, 0.717) is 30.6 Å². The second-order valence-corrected chi connectivity index (χ2v) is 8.04. The van der Waals surface area contributed by atoms with Gasteiger partial charge in [0.05, 0.1) is 11.5 Å². The molecule has 0 fully saturated rings. The monoisotopic (exact) mass is 422 g/mol. The van der Waals surface area contributed by atoms with Crippen LogP contribution in [0.5, 0.6) is 5.75 Å². The zero-order valence-corrected chi connectivity index (χ0v) is 19.0. The summed E-state index contributed by atoms with van der Waals surface area (Å²) in [6.45, 7) is 5.63. The molecule has 0 unspecified atom stereocenters. The highest BCUT2D eigenvalue weighted by Gasteiger charge is 2.22. The summed E-state index contributed by atoms with van der Waals surface area (Å²) >= 11 is 0. The van der Waals surface area contributed by atoms with Crippen molar-refractivity contribution in [2.24, 2.45) is 5.92 Å². The summed E-state index contributed by atoms with van der Waals surface area (Å²) < 4.78 is 5.44. The number of hydrogen-bond acceptors (Lipinski definition) is 4. The first kappa shape index (κ1) is 24.5. The van der Waals surface area contributed by atoms with Crippen LogP contribution in [0.15, 0.2) is 48.5 Å². The summed E-state index contributed by atoms with van der Waals surface area (Å²) in [7, 11) is 0. The van der Waals surface area contributed by atoms with Gasteiger partial charge < -0.3 is 4.74 Å². The van der Waals surface area contributed by atoms with Crippen LogP contribution >= 0.6 is 0 Å². The van der Waals surface area contributed by atoms with Gasteiger partial charge in [0, 0.05) is 12.8 Å². The molecule has 0 radical (unpaired) electrons. The molecule has 0 aromatic heterocycles. The third-order valence-corrected chi connectivity index (χ3v) is 5.60. The highest BCUT2D eigenvalue weighted by atomic mass is 16.5. The van der Waals surface area contributed by atoms with Gasteiger partial charge in [0.1, 0.15) is 17.3 Å². The Kier molecular flexibility index (Phi) is 10.2. The van der Waals surface area contributed by atoms with E-state index in [4.69, 9.17) is 4.74 Å². The van der Waals surface area contributed by atoms with Gasteiger partial charge in [-0.05, 0) is 56.0 Å². The predicted octanol–water partition coefficient (Wildman–Crippen LogP) is 6.28. The Morgan fingerprint density at radius 3 is 1.94 bits per heavy atom. The minimum Gasteiger partial charge on any atom is -0.423 e. The minimum atomic E-state index is -0.398. The molecular weight excluding hydrogens is 388 g/mol. The zero-order chi connectivity index (χ0) is 22.6. The van der Waals surface area contributed by atoms with Crippen molar-refractivity contribution in [2.75, 3.05) is 0 Å². The molecule has 31 heavy (non-hydrogen) atoms. The van der Waals surface area contributed by atoms with Crippen molar-refractivity contribution < 1.29 is 19.1 Å². The van der Waals surface area contributed by atoms with Crippen molar-refractivity contribution in [3.8, 4) is 5.75 Å². The van der Waals surface area contributed by atoms with Crippen LogP contribution in [-0.2, 0) is 16.0 Å². The fourth-order valence-electron chi connectivity index (χ4n) is 3.61. The molecule has 0 N–H and O–H groups in total. The molecule has 2 rings (SSSR count). The van der Waals surface area contributed by atoms with Crippen LogP contribution in [0.2, 0.25) is 0 Å². The average molecular weight is 423 g/mol. The van der Waals surface area contributed by atoms with Crippen molar-refractivity contribution in [2.45, 2.75) is 72.1 Å². The molecule has 0 aliphatic rings. The molecule has 2 aromatic carbocycles. The van der Waals surface area contributed by atoms with Crippen molar-refractivity contribution >= 4 is 17.5 Å². The minimum absolute atomic E-state index is 0.0787. The maximum atomic E-state index is 12.2. The number of Topliss-reactive ketones (excluding diaryl/α,β-unsaturated/α-hetero) is 2. The molecule has 0 saturated heterocycles. The first-order valence-corrected chi connectivity index (χ1v) is 11.4. The fourth-order valence-corrected chi connectivity index (χ4v) is 3.61. The van der Waals surface area contributed by atoms with Gasteiger partial charge in [0.2, 0.25) is 0 Å². The Morgan fingerprint density at radius 2 is 1.35 bits per heavy atom. The van der Waals surface area contributed by atoms with Gasteiger partial charge in [-0.3, -0.25) is 9.59 Å². The van der Waals surface area contributed by atoms with Gasteiger partial charge in [-0.15, -0.1) is 0 Å². The third-order valence-electron chi connectivity index (χ3n) is 5.60. The van der Waals surface area contributed by atoms with Crippen molar-refractivity contribution in [3.05, 3.63) is 65.2 Å². The Balaban J connectivity index is 1.70. The molecule has 4 nitrogen and oxygen atoms in total. The predicted molar refractivity (Wildman–Crippen MR) is 123 cm³/mol. The van der Waals surface area contributed by atoms with Crippen LogP contribution < -0.4 is 4.74 Å². The number of aryl methyl sites for hydroxylation is 2. The van der Waals surface area contributed by atoms with Crippen molar-refractivity contribution in [3.63, 3.8) is 0 Å². The Labute approximate surface area is 186 Å². The Morgan fingerprint density at radius 1 is 0.774 bits per heavy atom. The van der Waals surface area contributed by atoms with Crippen LogP contribution in [0.4, 0.5) is 0 Å². The number of ketones is 2. The highest BCUT2D eigenvalue weighted by molar-refractivity contribution is 6.02. The summed E-state index contributed by atoms with van der Waals surface area (Å²) in [5.41, 5.74) is 2.85. The first-order chi connectivity index (χ1) is 14.9. The quantitative estimate of drug-likeness (QED) is 0.165. The van der Waals surface area contributed by atoms with E-state index in [0.717, 1.165) is 37.7 Å². The largest absolute Gasteiger partial charge is 0.423 e. The lowest BCUT2D eigenvalue weighted by atomic mass is 9.90. The van der Waals surface area contributed by atoms with E-state index in [-0.39, 0.29) is 17.5 Å². The summed E-state index contributed by atoms with van der Waals surface area (Å²) in [5.74, 6) is -0.0501. The highest BCUT2D eigenvalue weighted by Crippen LogP contribution is 2.19. The lowest BCUT2D eigenvalue weighted by Crippen LogP contribution is -2.22. The molecule has 0 atom stereocenters. The summed E-state index contributed by atoms with van der Waals surface area (Å²) in [6, 6.07) is 15.0. The number of rotatable bonds is 13. The average Bonchev–Trinajstić information content (AvgIpc) is 2.79. The van der Waals surface area contributed by atoms with Gasteiger partial charge in [0.15, 0.2) is 0 Å². The number of carbonyl (C=O) groups is 3. The maximum Gasteiger partial charge on any atom is 0.343 e. The standard InChI is InChI=1S/C27H34O4/c1-4-25(28)24(26(29)5-2)11-9-7-6-8-10-21-14-18-23(19-15-21)31-27(30)22-16-12-20(3)13-17-22/h12-19,24H,4-11H2,1-3H3. The number of ether oxygens (including phenoxy) is 1. The van der Waals surface area contributed by atoms with E-state index in [9.17, 15) is 14.4 Å². The smallest absolute Gasteiger partial charge is 0.343 e. The molecule has 0 heterocycles. The fraction of sp³-hybridized carbons (Fsp3) is 0.444. The second-order valence-electron chi connectivity index (χ2n) is 8.04. The van der Waals surface area contributed by atoms with Crippen LogP contribution in [0.25, 0.3) is 0 Å². The van der Waals surface area contributed by atoms with E-state index < -0.39 is 5.92 Å². The molecular formula is C27H34O4.